The van der Waals surface area contributed by atoms with Gasteiger partial charge in [0, 0.05) is 5.46 Å². The molecule has 0 unspecified atom stereocenters. The Balaban J connectivity index is 2.31. The van der Waals surface area contributed by atoms with Gasteiger partial charge in [0.25, 0.3) is 0 Å². The summed E-state index contributed by atoms with van der Waals surface area (Å²) in [6.45, 7) is 10.0. The summed E-state index contributed by atoms with van der Waals surface area (Å²) in [5.74, 6) is -0.265. The van der Waals surface area contributed by atoms with Crippen molar-refractivity contribution in [2.45, 2.75) is 58.7 Å². The molecule has 0 atom stereocenters. The van der Waals surface area contributed by atoms with Crippen molar-refractivity contribution in [1.29, 1.82) is 0 Å². The lowest BCUT2D eigenvalue weighted by Crippen LogP contribution is -2.41. The van der Waals surface area contributed by atoms with Crippen molar-refractivity contribution in [2.75, 3.05) is 0 Å². The molecule has 0 N–H and O–H groups in total. The number of hydrogen-bond acceptors (Lipinski definition) is 2. The zero-order valence-corrected chi connectivity index (χ0v) is 12.4. The number of aryl methyl sites for hydroxylation is 1. The molecule has 0 aliphatic carbocycles. The molecule has 1 heterocycles. The van der Waals surface area contributed by atoms with Crippen LogP contribution < -0.4 is 5.46 Å². The van der Waals surface area contributed by atoms with E-state index in [1.165, 1.54) is 6.07 Å². The standard InChI is InChI=1S/C15H22BFO2/c1-6-7-11-8-9-13(17)12(10-11)16-18-14(2,3)15(4,5)19-16/h8-10H,6-7H2,1-5H3. The van der Waals surface area contributed by atoms with Gasteiger partial charge in [0.05, 0.1) is 11.2 Å². The molecule has 1 aromatic rings. The van der Waals surface area contributed by atoms with Gasteiger partial charge in [-0.1, -0.05) is 25.5 Å². The van der Waals surface area contributed by atoms with Crippen LogP contribution in [-0.2, 0) is 15.7 Å². The second kappa shape index (κ2) is 4.91. The van der Waals surface area contributed by atoms with Gasteiger partial charge in [-0.15, -0.1) is 0 Å². The van der Waals surface area contributed by atoms with E-state index in [2.05, 4.69) is 6.92 Å². The van der Waals surface area contributed by atoms with Crippen molar-refractivity contribution in [1.82, 2.24) is 0 Å². The van der Waals surface area contributed by atoms with E-state index in [1.54, 1.807) is 0 Å². The molecular formula is C15H22BFO2. The molecule has 0 aromatic heterocycles. The minimum atomic E-state index is -0.623. The molecule has 1 aliphatic rings. The highest BCUT2D eigenvalue weighted by atomic mass is 19.1. The number of rotatable bonds is 3. The molecule has 0 saturated carbocycles. The molecule has 0 amide bonds. The Bertz CT molecular complexity index is 455. The van der Waals surface area contributed by atoms with Gasteiger partial charge in [-0.25, -0.2) is 4.39 Å². The Morgan fingerprint density at radius 3 is 2.21 bits per heavy atom. The summed E-state index contributed by atoms with van der Waals surface area (Å²) >= 11 is 0. The molecule has 1 fully saturated rings. The lowest BCUT2D eigenvalue weighted by atomic mass is 9.77. The van der Waals surface area contributed by atoms with Crippen LogP contribution >= 0.6 is 0 Å². The van der Waals surface area contributed by atoms with Gasteiger partial charge in [-0.05, 0) is 45.7 Å². The van der Waals surface area contributed by atoms with Gasteiger partial charge in [0.2, 0.25) is 0 Å². The van der Waals surface area contributed by atoms with E-state index in [1.807, 2.05) is 39.8 Å². The molecule has 0 spiro atoms. The highest BCUT2D eigenvalue weighted by molar-refractivity contribution is 6.62. The monoisotopic (exact) mass is 264 g/mol. The zero-order chi connectivity index (χ0) is 14.3. The fourth-order valence-corrected chi connectivity index (χ4v) is 2.19. The third kappa shape index (κ3) is 2.70. The Labute approximate surface area is 115 Å². The van der Waals surface area contributed by atoms with Crippen molar-refractivity contribution in [3.05, 3.63) is 29.6 Å². The third-order valence-electron chi connectivity index (χ3n) is 4.11. The predicted molar refractivity (Wildman–Crippen MR) is 76.1 cm³/mol. The summed E-state index contributed by atoms with van der Waals surface area (Å²) in [5, 5.41) is 0. The van der Waals surface area contributed by atoms with Crippen LogP contribution in [0.5, 0.6) is 0 Å². The van der Waals surface area contributed by atoms with Crippen LogP contribution in [0, 0.1) is 5.82 Å². The van der Waals surface area contributed by atoms with Crippen molar-refractivity contribution in [3.8, 4) is 0 Å². The molecule has 0 bridgehead atoms. The van der Waals surface area contributed by atoms with Gasteiger partial charge in [-0.2, -0.15) is 0 Å². The molecule has 1 aromatic carbocycles. The van der Waals surface area contributed by atoms with E-state index >= 15 is 0 Å². The topological polar surface area (TPSA) is 18.5 Å². The van der Waals surface area contributed by atoms with Crippen LogP contribution in [0.3, 0.4) is 0 Å². The van der Waals surface area contributed by atoms with E-state index < -0.39 is 18.3 Å². The van der Waals surface area contributed by atoms with Crippen LogP contribution in [-0.4, -0.2) is 18.3 Å². The van der Waals surface area contributed by atoms with Gasteiger partial charge in [-0.3, -0.25) is 0 Å². The fourth-order valence-electron chi connectivity index (χ4n) is 2.19. The van der Waals surface area contributed by atoms with E-state index in [-0.39, 0.29) is 5.82 Å². The van der Waals surface area contributed by atoms with Crippen LogP contribution in [0.25, 0.3) is 0 Å². The van der Waals surface area contributed by atoms with E-state index in [9.17, 15) is 4.39 Å². The predicted octanol–water partition coefficient (Wildman–Crippen LogP) is 3.08. The first-order valence-electron chi connectivity index (χ1n) is 6.91. The number of benzene rings is 1. The van der Waals surface area contributed by atoms with Crippen molar-refractivity contribution >= 4 is 12.6 Å². The molecule has 104 valence electrons. The Morgan fingerprint density at radius 1 is 1.11 bits per heavy atom. The molecule has 1 saturated heterocycles. The minimum absolute atomic E-state index is 0.265. The number of halogens is 1. The highest BCUT2D eigenvalue weighted by Gasteiger charge is 2.52. The van der Waals surface area contributed by atoms with Crippen molar-refractivity contribution in [2.24, 2.45) is 0 Å². The van der Waals surface area contributed by atoms with Gasteiger partial charge >= 0.3 is 7.12 Å². The van der Waals surface area contributed by atoms with Gasteiger partial charge in [0.1, 0.15) is 5.82 Å². The molecular weight excluding hydrogens is 242 g/mol. The van der Waals surface area contributed by atoms with E-state index in [0.29, 0.717) is 5.46 Å². The smallest absolute Gasteiger partial charge is 0.399 e. The minimum Gasteiger partial charge on any atom is -0.399 e. The summed E-state index contributed by atoms with van der Waals surface area (Å²) in [6, 6.07) is 5.19. The van der Waals surface area contributed by atoms with Crippen LogP contribution in [0.2, 0.25) is 0 Å². The lowest BCUT2D eigenvalue weighted by Gasteiger charge is -2.32. The molecule has 19 heavy (non-hydrogen) atoms. The lowest BCUT2D eigenvalue weighted by molar-refractivity contribution is 0.00578. The molecule has 0 radical (unpaired) electrons. The second-order valence-corrected chi connectivity index (χ2v) is 6.19. The Kier molecular flexibility index (Phi) is 3.76. The van der Waals surface area contributed by atoms with Crippen molar-refractivity contribution in [3.63, 3.8) is 0 Å². The van der Waals surface area contributed by atoms with Gasteiger partial charge in [0.15, 0.2) is 0 Å². The highest BCUT2D eigenvalue weighted by Crippen LogP contribution is 2.36. The molecule has 4 heteroatoms. The summed E-state index contributed by atoms with van der Waals surface area (Å²) in [4.78, 5) is 0. The Morgan fingerprint density at radius 2 is 1.68 bits per heavy atom. The molecule has 2 nitrogen and oxygen atoms in total. The maximum Gasteiger partial charge on any atom is 0.497 e. The van der Waals surface area contributed by atoms with Gasteiger partial charge < -0.3 is 9.31 Å². The van der Waals surface area contributed by atoms with E-state index in [4.69, 9.17) is 9.31 Å². The average molecular weight is 264 g/mol. The first-order valence-corrected chi connectivity index (χ1v) is 6.91. The average Bonchev–Trinajstić information content (AvgIpc) is 2.51. The SMILES string of the molecule is CCCc1ccc(F)c(B2OC(C)(C)C(C)(C)O2)c1. The Hall–Kier alpha value is -0.865. The largest absolute Gasteiger partial charge is 0.497 e. The van der Waals surface area contributed by atoms with Crippen molar-refractivity contribution < 1.29 is 13.7 Å². The molecule has 2 rings (SSSR count). The maximum atomic E-state index is 14.0. The first-order chi connectivity index (χ1) is 8.77. The molecule has 1 aliphatic heterocycles. The van der Waals surface area contributed by atoms with E-state index in [0.717, 1.165) is 18.4 Å². The summed E-state index contributed by atoms with van der Waals surface area (Å²) < 4.78 is 25.8. The van der Waals surface area contributed by atoms with Crippen LogP contribution in [0.4, 0.5) is 4.39 Å². The quantitative estimate of drug-likeness (QED) is 0.781. The third-order valence-corrected chi connectivity index (χ3v) is 4.11. The van der Waals surface area contributed by atoms with Crippen LogP contribution in [0.15, 0.2) is 18.2 Å². The second-order valence-electron chi connectivity index (χ2n) is 6.19. The number of hydrogen-bond donors (Lipinski definition) is 0. The summed E-state index contributed by atoms with van der Waals surface area (Å²) in [5.41, 5.74) is 0.744. The summed E-state index contributed by atoms with van der Waals surface area (Å²) in [7, 11) is -0.623. The fraction of sp³-hybridized carbons (Fsp3) is 0.600. The normalized spacial score (nSPS) is 20.8. The first kappa shape index (κ1) is 14.5. The van der Waals surface area contributed by atoms with Crippen LogP contribution in [0.1, 0.15) is 46.6 Å². The maximum absolute atomic E-state index is 14.0. The summed E-state index contributed by atoms with van der Waals surface area (Å²) in [6.07, 6.45) is 1.97. The zero-order valence-electron chi connectivity index (χ0n) is 12.4.